The number of rotatable bonds is 1. The van der Waals surface area contributed by atoms with Crippen LogP contribution in [0.5, 0.6) is 0 Å². The topological polar surface area (TPSA) is 44.0 Å². The van der Waals surface area contributed by atoms with Crippen molar-refractivity contribution in [3.05, 3.63) is 35.4 Å². The molecule has 2 unspecified atom stereocenters. The highest BCUT2D eigenvalue weighted by molar-refractivity contribution is 5.39. The number of nitrogens with zero attached hydrogens (tertiary/aromatic N) is 1. The molecule has 1 N–H and O–H groups in total. The molecule has 1 aromatic rings. The lowest BCUT2D eigenvalue weighted by Crippen LogP contribution is -2.50. The molecule has 2 aliphatic carbocycles. The zero-order valence-corrected chi connectivity index (χ0v) is 10.8. The van der Waals surface area contributed by atoms with Crippen molar-refractivity contribution in [3.63, 3.8) is 0 Å². The van der Waals surface area contributed by atoms with Crippen LogP contribution in [0.2, 0.25) is 0 Å². The van der Waals surface area contributed by atoms with Crippen LogP contribution >= 0.6 is 0 Å². The van der Waals surface area contributed by atoms with Crippen molar-refractivity contribution in [2.45, 2.75) is 44.6 Å². The molecule has 0 amide bonds. The average molecular weight is 241 g/mol. The number of hydrogen-bond donors (Lipinski definition) is 1. The summed E-state index contributed by atoms with van der Waals surface area (Å²) in [6.07, 6.45) is 4.27. The summed E-state index contributed by atoms with van der Waals surface area (Å²) in [5.41, 5.74) is 1.08. The predicted octanol–water partition coefficient (Wildman–Crippen LogP) is 2.85. The summed E-state index contributed by atoms with van der Waals surface area (Å²) < 4.78 is 0. The van der Waals surface area contributed by atoms with Crippen molar-refractivity contribution >= 4 is 0 Å². The van der Waals surface area contributed by atoms with Gasteiger partial charge in [0, 0.05) is 0 Å². The van der Waals surface area contributed by atoms with Gasteiger partial charge in [0.05, 0.1) is 17.1 Å². The molecule has 0 spiro atoms. The summed E-state index contributed by atoms with van der Waals surface area (Å²) in [7, 11) is 0. The minimum atomic E-state index is -0.805. The molecule has 94 valence electrons. The van der Waals surface area contributed by atoms with E-state index in [1.165, 1.54) is 11.1 Å². The average Bonchev–Trinajstić information content (AvgIpc) is 2.92. The quantitative estimate of drug-likeness (QED) is 0.821. The first-order valence-electron chi connectivity index (χ1n) is 6.82. The van der Waals surface area contributed by atoms with E-state index in [9.17, 15) is 10.4 Å². The molecule has 2 aliphatic rings. The fourth-order valence-corrected chi connectivity index (χ4v) is 3.97. The molecule has 0 aliphatic heterocycles. The zero-order chi connectivity index (χ0) is 12.8. The van der Waals surface area contributed by atoms with Crippen LogP contribution in [0.3, 0.4) is 0 Å². The van der Waals surface area contributed by atoms with Gasteiger partial charge in [0.1, 0.15) is 0 Å². The van der Waals surface area contributed by atoms with Crippen LogP contribution in [-0.4, -0.2) is 10.7 Å². The summed E-state index contributed by atoms with van der Waals surface area (Å²) in [4.78, 5) is 0. The van der Waals surface area contributed by atoms with Crippen LogP contribution in [-0.2, 0) is 12.8 Å². The summed E-state index contributed by atoms with van der Waals surface area (Å²) in [5, 5.41) is 20.8. The van der Waals surface area contributed by atoms with Crippen molar-refractivity contribution in [1.82, 2.24) is 0 Å². The molecule has 2 nitrogen and oxygen atoms in total. The van der Waals surface area contributed by atoms with Crippen LogP contribution in [0.1, 0.15) is 37.3 Å². The Hall–Kier alpha value is -1.33. The Kier molecular flexibility index (Phi) is 2.50. The van der Waals surface area contributed by atoms with E-state index in [1.54, 1.807) is 0 Å². The number of aliphatic hydroxyl groups is 1. The number of benzene rings is 1. The lowest BCUT2D eigenvalue weighted by Gasteiger charge is -2.40. The molecule has 1 fully saturated rings. The van der Waals surface area contributed by atoms with E-state index in [0.717, 1.165) is 19.3 Å². The molecule has 0 aromatic heterocycles. The van der Waals surface area contributed by atoms with Crippen LogP contribution in [0, 0.1) is 22.7 Å². The second kappa shape index (κ2) is 3.83. The molecular weight excluding hydrogens is 222 g/mol. The Labute approximate surface area is 108 Å². The normalized spacial score (nSPS) is 33.1. The van der Waals surface area contributed by atoms with Crippen LogP contribution in [0.4, 0.5) is 0 Å². The van der Waals surface area contributed by atoms with Gasteiger partial charge in [0.25, 0.3) is 0 Å². The van der Waals surface area contributed by atoms with Crippen molar-refractivity contribution in [1.29, 1.82) is 5.26 Å². The van der Waals surface area contributed by atoms with Gasteiger partial charge in [0.15, 0.2) is 0 Å². The smallest absolute Gasteiger partial charge is 0.0943 e. The van der Waals surface area contributed by atoms with Gasteiger partial charge in [0.2, 0.25) is 0 Å². The fourth-order valence-electron chi connectivity index (χ4n) is 3.97. The summed E-state index contributed by atoms with van der Waals surface area (Å²) in [5.74, 6) is 0.228. The maximum atomic E-state index is 11.1. The van der Waals surface area contributed by atoms with Gasteiger partial charge in [-0.1, -0.05) is 37.6 Å². The maximum Gasteiger partial charge on any atom is 0.0943 e. The molecule has 0 saturated heterocycles. The third kappa shape index (κ3) is 1.37. The largest absolute Gasteiger partial charge is 0.388 e. The zero-order valence-electron chi connectivity index (χ0n) is 10.8. The van der Waals surface area contributed by atoms with E-state index in [2.05, 4.69) is 25.1 Å². The predicted molar refractivity (Wildman–Crippen MR) is 69.9 cm³/mol. The third-order valence-electron chi connectivity index (χ3n) is 5.16. The van der Waals surface area contributed by atoms with Crippen LogP contribution < -0.4 is 0 Å². The molecule has 1 saturated carbocycles. The molecule has 1 aromatic carbocycles. The van der Waals surface area contributed by atoms with Crippen LogP contribution in [0.15, 0.2) is 24.3 Å². The number of nitriles is 1. The maximum absolute atomic E-state index is 11.1. The van der Waals surface area contributed by atoms with Gasteiger partial charge in [-0.3, -0.25) is 0 Å². The van der Waals surface area contributed by atoms with Gasteiger partial charge in [-0.25, -0.2) is 0 Å². The minimum absolute atomic E-state index is 0.228. The van der Waals surface area contributed by atoms with Gasteiger partial charge >= 0.3 is 0 Å². The minimum Gasteiger partial charge on any atom is -0.388 e. The van der Waals surface area contributed by atoms with Gasteiger partial charge in [-0.05, 0) is 42.7 Å². The van der Waals surface area contributed by atoms with Crippen molar-refractivity contribution in [2.75, 3.05) is 0 Å². The second-order valence-electron chi connectivity index (χ2n) is 6.03. The second-order valence-corrected chi connectivity index (χ2v) is 6.03. The molecule has 3 rings (SSSR count). The van der Waals surface area contributed by atoms with Crippen molar-refractivity contribution < 1.29 is 5.11 Å². The molecule has 0 radical (unpaired) electrons. The SMILES string of the molecule is CC1CCCC1(O)C1(C#N)Cc2ccccc2C1. The Morgan fingerprint density at radius 3 is 2.33 bits per heavy atom. The Morgan fingerprint density at radius 1 is 1.28 bits per heavy atom. The molecule has 2 heteroatoms. The molecular formula is C16H19NO. The number of fused-ring (bicyclic) bond motifs is 1. The van der Waals surface area contributed by atoms with Crippen LogP contribution in [0.25, 0.3) is 0 Å². The van der Waals surface area contributed by atoms with E-state index in [1.807, 2.05) is 12.1 Å². The monoisotopic (exact) mass is 241 g/mol. The Balaban J connectivity index is 2.03. The van der Waals surface area contributed by atoms with E-state index in [-0.39, 0.29) is 5.92 Å². The summed E-state index contributed by atoms with van der Waals surface area (Å²) >= 11 is 0. The first-order valence-corrected chi connectivity index (χ1v) is 6.82. The highest BCUT2D eigenvalue weighted by atomic mass is 16.3. The van der Waals surface area contributed by atoms with Crippen molar-refractivity contribution in [2.24, 2.45) is 11.3 Å². The first-order chi connectivity index (χ1) is 8.61. The van der Waals surface area contributed by atoms with E-state index >= 15 is 0 Å². The van der Waals surface area contributed by atoms with E-state index in [0.29, 0.717) is 12.8 Å². The molecule has 0 bridgehead atoms. The van der Waals surface area contributed by atoms with Crippen molar-refractivity contribution in [3.8, 4) is 6.07 Å². The standard InChI is InChI=1S/C16H19NO/c1-12-5-4-8-16(12,18)15(11-17)9-13-6-2-3-7-14(13)10-15/h2-3,6-7,12,18H,4-5,8-10H2,1H3. The highest BCUT2D eigenvalue weighted by Crippen LogP contribution is 2.53. The van der Waals surface area contributed by atoms with Gasteiger partial charge < -0.3 is 5.11 Å². The lowest BCUT2D eigenvalue weighted by atomic mass is 9.66. The molecule has 2 atom stereocenters. The van der Waals surface area contributed by atoms with Gasteiger partial charge in [-0.15, -0.1) is 0 Å². The van der Waals surface area contributed by atoms with E-state index < -0.39 is 11.0 Å². The Bertz CT molecular complexity index is 491. The fraction of sp³-hybridized carbons (Fsp3) is 0.562. The lowest BCUT2D eigenvalue weighted by molar-refractivity contribution is -0.0767. The highest BCUT2D eigenvalue weighted by Gasteiger charge is 2.57. The number of hydrogen-bond acceptors (Lipinski definition) is 2. The van der Waals surface area contributed by atoms with Gasteiger partial charge in [-0.2, -0.15) is 5.26 Å². The van der Waals surface area contributed by atoms with E-state index in [4.69, 9.17) is 0 Å². The third-order valence-corrected chi connectivity index (χ3v) is 5.16. The first kappa shape index (κ1) is 11.7. The summed E-state index contributed by atoms with van der Waals surface area (Å²) in [6.45, 7) is 2.09. The molecule has 18 heavy (non-hydrogen) atoms. The Morgan fingerprint density at radius 2 is 1.89 bits per heavy atom. The molecule has 0 heterocycles. The summed E-state index contributed by atoms with van der Waals surface area (Å²) in [6, 6.07) is 10.7.